The van der Waals surface area contributed by atoms with Gasteiger partial charge in [0.1, 0.15) is 5.75 Å². The Bertz CT molecular complexity index is 1020. The molecule has 0 unspecified atom stereocenters. The number of hydrogen-bond donors (Lipinski definition) is 1. The summed E-state index contributed by atoms with van der Waals surface area (Å²) in [6.07, 6.45) is 1.18. The van der Waals surface area contributed by atoms with Crippen molar-refractivity contribution in [3.05, 3.63) is 53.6 Å². The molecule has 2 heterocycles. The van der Waals surface area contributed by atoms with Crippen LogP contribution in [0.5, 0.6) is 5.75 Å². The lowest BCUT2D eigenvalue weighted by Gasteiger charge is -2.19. The molecule has 0 bridgehead atoms. The molecule has 2 aliphatic rings. The van der Waals surface area contributed by atoms with Crippen LogP contribution in [0, 0.1) is 0 Å². The summed E-state index contributed by atoms with van der Waals surface area (Å²) < 4.78 is 10.5. The van der Waals surface area contributed by atoms with Gasteiger partial charge in [0, 0.05) is 18.5 Å². The van der Waals surface area contributed by atoms with Gasteiger partial charge in [-0.2, -0.15) is 0 Å². The fourth-order valence-corrected chi connectivity index (χ4v) is 3.33. The molecule has 0 aliphatic carbocycles. The van der Waals surface area contributed by atoms with Crippen LogP contribution in [0.2, 0.25) is 0 Å². The summed E-state index contributed by atoms with van der Waals surface area (Å²) in [4.78, 5) is 50.0. The molecule has 2 aromatic rings. The van der Waals surface area contributed by atoms with Crippen molar-refractivity contribution in [3.63, 3.8) is 0 Å². The zero-order chi connectivity index (χ0) is 20.4. The number of benzene rings is 2. The van der Waals surface area contributed by atoms with Gasteiger partial charge in [-0.15, -0.1) is 0 Å². The molecular weight excluding hydrogens is 376 g/mol. The van der Waals surface area contributed by atoms with Crippen molar-refractivity contribution in [3.8, 4) is 5.75 Å². The fourth-order valence-electron chi connectivity index (χ4n) is 3.33. The number of fused-ring (bicyclic) bond motifs is 1. The van der Waals surface area contributed by atoms with Gasteiger partial charge >= 0.3 is 5.97 Å². The van der Waals surface area contributed by atoms with Crippen molar-refractivity contribution in [1.82, 2.24) is 0 Å². The summed E-state index contributed by atoms with van der Waals surface area (Å²) in [5.74, 6) is -0.970. The molecular formula is C21H18N2O6. The molecule has 2 aliphatic heterocycles. The maximum absolute atomic E-state index is 12.6. The van der Waals surface area contributed by atoms with E-state index in [1.54, 1.807) is 41.3 Å². The maximum atomic E-state index is 12.6. The van der Waals surface area contributed by atoms with Gasteiger partial charge in [0.05, 0.1) is 16.9 Å². The third-order valence-electron chi connectivity index (χ3n) is 4.76. The first-order valence-corrected chi connectivity index (χ1v) is 9.19. The molecule has 2 aromatic carbocycles. The summed E-state index contributed by atoms with van der Waals surface area (Å²) in [6.45, 7) is 0.0104. The molecule has 0 atom stereocenters. The molecule has 1 saturated heterocycles. The minimum atomic E-state index is -0.678. The Labute approximate surface area is 166 Å². The van der Waals surface area contributed by atoms with Crippen molar-refractivity contribution in [2.45, 2.75) is 12.8 Å². The highest BCUT2D eigenvalue weighted by molar-refractivity contribution is 6.05. The third-order valence-corrected chi connectivity index (χ3v) is 4.76. The quantitative estimate of drug-likeness (QED) is 0.616. The van der Waals surface area contributed by atoms with Gasteiger partial charge in [0.25, 0.3) is 5.91 Å². The monoisotopic (exact) mass is 394 g/mol. The van der Waals surface area contributed by atoms with Gasteiger partial charge in [0.15, 0.2) is 19.0 Å². The lowest BCUT2D eigenvalue weighted by Crippen LogP contribution is -2.26. The molecule has 2 amide bonds. The predicted octanol–water partition coefficient (Wildman–Crippen LogP) is 2.18. The van der Waals surface area contributed by atoms with E-state index in [2.05, 4.69) is 5.32 Å². The van der Waals surface area contributed by atoms with Crippen molar-refractivity contribution in [1.29, 1.82) is 0 Å². The number of nitrogens with one attached hydrogen (secondary N) is 1. The first-order chi connectivity index (χ1) is 14.0. The Morgan fingerprint density at radius 1 is 1.14 bits per heavy atom. The lowest BCUT2D eigenvalue weighted by molar-refractivity contribution is -0.119. The second kappa shape index (κ2) is 7.75. The van der Waals surface area contributed by atoms with Gasteiger partial charge in [-0.05, 0) is 36.8 Å². The lowest BCUT2D eigenvalue weighted by atomic mass is 10.1. The number of carbonyl (C=O) groups is 4. The molecule has 29 heavy (non-hydrogen) atoms. The van der Waals surface area contributed by atoms with Crippen LogP contribution in [0.1, 0.15) is 33.6 Å². The van der Waals surface area contributed by atoms with Crippen LogP contribution in [0.25, 0.3) is 0 Å². The van der Waals surface area contributed by atoms with Crippen LogP contribution >= 0.6 is 0 Å². The molecule has 148 valence electrons. The van der Waals surface area contributed by atoms with Crippen molar-refractivity contribution in [2.75, 3.05) is 30.0 Å². The second-order valence-corrected chi connectivity index (χ2v) is 6.71. The van der Waals surface area contributed by atoms with E-state index in [9.17, 15) is 19.2 Å². The summed E-state index contributed by atoms with van der Waals surface area (Å²) in [5.41, 5.74) is 1.41. The average molecular weight is 394 g/mol. The van der Waals surface area contributed by atoms with Crippen molar-refractivity contribution in [2.24, 2.45) is 0 Å². The number of esters is 1. The molecule has 0 radical (unpaired) electrons. The zero-order valence-electron chi connectivity index (χ0n) is 15.5. The number of hydrogen-bond acceptors (Lipinski definition) is 6. The van der Waals surface area contributed by atoms with E-state index in [0.717, 1.165) is 6.42 Å². The maximum Gasteiger partial charge on any atom is 0.340 e. The average Bonchev–Trinajstić information content (AvgIpc) is 3.16. The molecule has 4 rings (SSSR count). The molecule has 0 saturated carbocycles. The molecule has 8 nitrogen and oxygen atoms in total. The largest absolute Gasteiger partial charge is 0.482 e. The molecule has 8 heteroatoms. The van der Waals surface area contributed by atoms with Crippen LogP contribution in [-0.2, 0) is 14.3 Å². The summed E-state index contributed by atoms with van der Waals surface area (Å²) in [5, 5.41) is 2.63. The van der Waals surface area contributed by atoms with E-state index in [0.29, 0.717) is 30.1 Å². The molecule has 0 aromatic heterocycles. The van der Waals surface area contributed by atoms with Gasteiger partial charge in [-0.25, -0.2) is 4.79 Å². The number of rotatable bonds is 5. The van der Waals surface area contributed by atoms with Crippen LogP contribution in [-0.4, -0.2) is 43.3 Å². The highest BCUT2D eigenvalue weighted by Crippen LogP contribution is 2.29. The van der Waals surface area contributed by atoms with Crippen LogP contribution in [0.4, 0.5) is 11.4 Å². The Morgan fingerprint density at radius 2 is 1.97 bits per heavy atom. The van der Waals surface area contributed by atoms with Gasteiger partial charge in [-0.3, -0.25) is 14.4 Å². The molecule has 0 spiro atoms. The normalized spacial score (nSPS) is 15.4. The number of para-hydroxylation sites is 1. The summed E-state index contributed by atoms with van der Waals surface area (Å²) in [6, 6.07) is 11.3. The van der Waals surface area contributed by atoms with Gasteiger partial charge in [0.2, 0.25) is 5.91 Å². The van der Waals surface area contributed by atoms with E-state index >= 15 is 0 Å². The van der Waals surface area contributed by atoms with Crippen LogP contribution in [0.3, 0.4) is 0 Å². The summed E-state index contributed by atoms with van der Waals surface area (Å²) in [7, 11) is 0. The predicted molar refractivity (Wildman–Crippen MR) is 103 cm³/mol. The zero-order valence-corrected chi connectivity index (χ0v) is 15.5. The third kappa shape index (κ3) is 3.82. The first-order valence-electron chi connectivity index (χ1n) is 9.19. The molecule has 1 fully saturated rings. The van der Waals surface area contributed by atoms with E-state index in [1.807, 2.05) is 0 Å². The topological polar surface area (TPSA) is 102 Å². The number of ketones is 1. The number of anilines is 2. The van der Waals surface area contributed by atoms with Crippen LogP contribution in [0.15, 0.2) is 42.5 Å². The van der Waals surface area contributed by atoms with Crippen molar-refractivity contribution < 1.29 is 28.7 Å². The summed E-state index contributed by atoms with van der Waals surface area (Å²) >= 11 is 0. The first kappa shape index (κ1) is 18.7. The van der Waals surface area contributed by atoms with E-state index in [-0.39, 0.29) is 29.5 Å². The Hall–Kier alpha value is -3.68. The van der Waals surface area contributed by atoms with Gasteiger partial charge < -0.3 is 19.7 Å². The van der Waals surface area contributed by atoms with E-state index < -0.39 is 18.4 Å². The fraction of sp³-hybridized carbons (Fsp3) is 0.238. The molecule has 1 N–H and O–H groups in total. The highest BCUT2D eigenvalue weighted by Gasteiger charge is 2.26. The Kier molecular flexibility index (Phi) is 4.99. The van der Waals surface area contributed by atoms with Crippen molar-refractivity contribution >= 4 is 34.9 Å². The number of nitrogens with zero attached hydrogens (tertiary/aromatic N) is 1. The standard InChI is InChI=1S/C21H18N2O6/c24-17(13-7-8-18-15(10-13)22-19(25)12-28-18)11-29-21(27)14-4-1-2-5-16(14)23-9-3-6-20(23)26/h1-2,4-5,7-8,10H,3,6,9,11-12H2,(H,22,25). The smallest absolute Gasteiger partial charge is 0.340 e. The number of ether oxygens (including phenoxy) is 2. The minimum absolute atomic E-state index is 0.0420. The van der Waals surface area contributed by atoms with Gasteiger partial charge in [-0.1, -0.05) is 12.1 Å². The minimum Gasteiger partial charge on any atom is -0.482 e. The SMILES string of the molecule is O=C1COc2ccc(C(=O)COC(=O)c3ccccc3N3CCCC3=O)cc2N1. The second-order valence-electron chi connectivity index (χ2n) is 6.71. The van der Waals surface area contributed by atoms with E-state index in [1.165, 1.54) is 6.07 Å². The van der Waals surface area contributed by atoms with E-state index in [4.69, 9.17) is 9.47 Å². The highest BCUT2D eigenvalue weighted by atomic mass is 16.5. The number of carbonyl (C=O) groups excluding carboxylic acids is 4. The number of amides is 2. The Morgan fingerprint density at radius 3 is 2.76 bits per heavy atom. The Balaban J connectivity index is 1.45. The number of Topliss-reactive ketones (excluding diaryl/α,β-unsaturated/α-hetero) is 1. The van der Waals surface area contributed by atoms with Crippen LogP contribution < -0.4 is 15.0 Å².